The first-order valence-electron chi connectivity index (χ1n) is 5.05. The number of hydrogen-bond donors (Lipinski definition) is 1. The Balaban J connectivity index is 2.14. The molecule has 0 atom stereocenters. The monoisotopic (exact) mass is 238 g/mol. The standard InChI is InChI=1S/C11H11ClN2O2/c1-6(15)8-5-13-10(4-9(8)12)14-11(16)7-2-3-7/h4-5,7H,2-3H2,1H3,(H,13,14,16). The predicted octanol–water partition coefficient (Wildman–Crippen LogP) is 2.29. The van der Waals surface area contributed by atoms with Crippen molar-refractivity contribution in [1.82, 2.24) is 4.98 Å². The summed E-state index contributed by atoms with van der Waals surface area (Å²) in [5.41, 5.74) is 0.367. The van der Waals surface area contributed by atoms with Crippen molar-refractivity contribution < 1.29 is 9.59 Å². The van der Waals surface area contributed by atoms with Gasteiger partial charge in [-0.1, -0.05) is 11.6 Å². The van der Waals surface area contributed by atoms with Crippen molar-refractivity contribution in [2.45, 2.75) is 19.8 Å². The van der Waals surface area contributed by atoms with E-state index in [0.717, 1.165) is 12.8 Å². The summed E-state index contributed by atoms with van der Waals surface area (Å²) < 4.78 is 0. The number of carbonyl (C=O) groups excluding carboxylic acids is 2. The number of Topliss-reactive ketones (excluding diaryl/α,β-unsaturated/α-hetero) is 1. The lowest BCUT2D eigenvalue weighted by Gasteiger charge is -2.05. The van der Waals surface area contributed by atoms with Crippen molar-refractivity contribution in [3.63, 3.8) is 0 Å². The normalized spacial score (nSPS) is 14.6. The molecule has 1 aromatic rings. The van der Waals surface area contributed by atoms with Gasteiger partial charge in [0.15, 0.2) is 5.78 Å². The second kappa shape index (κ2) is 4.22. The molecular formula is C11H11ClN2O2. The van der Waals surface area contributed by atoms with E-state index in [1.165, 1.54) is 19.2 Å². The van der Waals surface area contributed by atoms with E-state index >= 15 is 0 Å². The molecule has 5 heteroatoms. The Morgan fingerprint density at radius 3 is 2.69 bits per heavy atom. The minimum atomic E-state index is -0.141. The largest absolute Gasteiger partial charge is 0.310 e. The smallest absolute Gasteiger partial charge is 0.228 e. The van der Waals surface area contributed by atoms with E-state index in [1.54, 1.807) is 0 Å². The molecule has 1 aromatic heterocycles. The number of anilines is 1. The molecule has 0 unspecified atom stereocenters. The molecule has 0 radical (unpaired) electrons. The van der Waals surface area contributed by atoms with Crippen molar-refractivity contribution in [3.05, 3.63) is 22.8 Å². The molecule has 84 valence electrons. The predicted molar refractivity (Wildman–Crippen MR) is 60.6 cm³/mol. The van der Waals surface area contributed by atoms with Crippen LogP contribution in [0.4, 0.5) is 5.82 Å². The van der Waals surface area contributed by atoms with Crippen LogP contribution in [-0.2, 0) is 4.79 Å². The second-order valence-corrected chi connectivity index (χ2v) is 4.28. The molecular weight excluding hydrogens is 228 g/mol. The lowest BCUT2D eigenvalue weighted by molar-refractivity contribution is -0.117. The SMILES string of the molecule is CC(=O)c1cnc(NC(=O)C2CC2)cc1Cl. The van der Waals surface area contributed by atoms with Crippen LogP contribution in [0.1, 0.15) is 30.1 Å². The van der Waals surface area contributed by atoms with Gasteiger partial charge in [-0.15, -0.1) is 0 Å². The van der Waals surface area contributed by atoms with E-state index in [1.807, 2.05) is 0 Å². The number of hydrogen-bond acceptors (Lipinski definition) is 3. The van der Waals surface area contributed by atoms with Gasteiger partial charge in [-0.2, -0.15) is 0 Å². The average molecular weight is 239 g/mol. The third-order valence-electron chi connectivity index (χ3n) is 2.43. The lowest BCUT2D eigenvalue weighted by Crippen LogP contribution is -2.14. The molecule has 0 bridgehead atoms. The molecule has 1 fully saturated rings. The quantitative estimate of drug-likeness (QED) is 0.822. The van der Waals surface area contributed by atoms with Gasteiger partial charge < -0.3 is 5.32 Å². The Morgan fingerprint density at radius 1 is 1.50 bits per heavy atom. The van der Waals surface area contributed by atoms with Crippen molar-refractivity contribution in [2.24, 2.45) is 5.92 Å². The summed E-state index contributed by atoms with van der Waals surface area (Å²) in [6.07, 6.45) is 3.25. The van der Waals surface area contributed by atoms with E-state index in [0.29, 0.717) is 16.4 Å². The fourth-order valence-electron chi connectivity index (χ4n) is 1.33. The zero-order chi connectivity index (χ0) is 11.7. The van der Waals surface area contributed by atoms with E-state index in [9.17, 15) is 9.59 Å². The fourth-order valence-corrected chi connectivity index (χ4v) is 1.62. The molecule has 1 aliphatic rings. The minimum Gasteiger partial charge on any atom is -0.310 e. The van der Waals surface area contributed by atoms with Crippen molar-refractivity contribution >= 4 is 29.1 Å². The Kier molecular flexibility index (Phi) is 2.92. The average Bonchev–Trinajstić information content (AvgIpc) is 2.99. The Morgan fingerprint density at radius 2 is 2.19 bits per heavy atom. The zero-order valence-corrected chi connectivity index (χ0v) is 9.54. The van der Waals surface area contributed by atoms with Crippen LogP contribution in [0.25, 0.3) is 0 Å². The molecule has 1 aliphatic carbocycles. The molecule has 1 N–H and O–H groups in total. The number of amides is 1. The molecule has 1 heterocycles. The molecule has 0 aliphatic heterocycles. The number of rotatable bonds is 3. The number of halogens is 1. The van der Waals surface area contributed by atoms with Crippen molar-refractivity contribution in [1.29, 1.82) is 0 Å². The highest BCUT2D eigenvalue weighted by molar-refractivity contribution is 6.34. The maximum absolute atomic E-state index is 11.4. The van der Waals surface area contributed by atoms with Gasteiger partial charge in [-0.05, 0) is 19.8 Å². The number of aromatic nitrogens is 1. The Labute approximate surface area is 98.0 Å². The first kappa shape index (κ1) is 11.1. The Bertz CT molecular complexity index is 455. The number of ketones is 1. The number of nitrogens with one attached hydrogen (secondary N) is 1. The van der Waals surface area contributed by atoms with Crippen LogP contribution in [0.3, 0.4) is 0 Å². The van der Waals surface area contributed by atoms with Crippen molar-refractivity contribution in [3.8, 4) is 0 Å². The van der Waals surface area contributed by atoms with Gasteiger partial charge in [0.05, 0.1) is 10.6 Å². The van der Waals surface area contributed by atoms with Gasteiger partial charge in [-0.3, -0.25) is 9.59 Å². The molecule has 0 saturated heterocycles. The van der Waals surface area contributed by atoms with Crippen LogP contribution in [0, 0.1) is 5.92 Å². The van der Waals surface area contributed by atoms with Gasteiger partial charge in [0, 0.05) is 18.2 Å². The minimum absolute atomic E-state index is 0.0286. The highest BCUT2D eigenvalue weighted by Crippen LogP contribution is 2.30. The highest BCUT2D eigenvalue weighted by atomic mass is 35.5. The summed E-state index contributed by atoms with van der Waals surface area (Å²) in [5.74, 6) is 0.344. The van der Waals surface area contributed by atoms with Gasteiger partial charge >= 0.3 is 0 Å². The number of nitrogens with zero attached hydrogens (tertiary/aromatic N) is 1. The molecule has 1 saturated carbocycles. The van der Waals surface area contributed by atoms with Gasteiger partial charge in [0.25, 0.3) is 0 Å². The van der Waals surface area contributed by atoms with Gasteiger partial charge in [-0.25, -0.2) is 4.98 Å². The van der Waals surface area contributed by atoms with Gasteiger partial charge in [0.1, 0.15) is 5.82 Å². The topological polar surface area (TPSA) is 59.1 Å². The lowest BCUT2D eigenvalue weighted by atomic mass is 10.2. The van der Waals surface area contributed by atoms with Crippen molar-refractivity contribution in [2.75, 3.05) is 5.32 Å². The van der Waals surface area contributed by atoms with Crippen LogP contribution in [0.2, 0.25) is 5.02 Å². The molecule has 0 spiro atoms. The number of carbonyl (C=O) groups is 2. The van der Waals surface area contributed by atoms with Crippen LogP contribution in [0.5, 0.6) is 0 Å². The summed E-state index contributed by atoms with van der Waals surface area (Å²) in [7, 11) is 0. The summed E-state index contributed by atoms with van der Waals surface area (Å²) in [4.78, 5) is 26.5. The molecule has 16 heavy (non-hydrogen) atoms. The van der Waals surface area contributed by atoms with E-state index < -0.39 is 0 Å². The summed E-state index contributed by atoms with van der Waals surface area (Å²) in [5, 5.41) is 2.98. The first-order chi connectivity index (χ1) is 7.58. The third-order valence-corrected chi connectivity index (χ3v) is 2.74. The van der Waals surface area contributed by atoms with Crippen LogP contribution >= 0.6 is 11.6 Å². The summed E-state index contributed by atoms with van der Waals surface area (Å²) in [6, 6.07) is 1.50. The summed E-state index contributed by atoms with van der Waals surface area (Å²) in [6.45, 7) is 1.42. The third kappa shape index (κ3) is 2.39. The maximum Gasteiger partial charge on any atom is 0.228 e. The van der Waals surface area contributed by atoms with E-state index in [2.05, 4.69) is 10.3 Å². The molecule has 2 rings (SSSR count). The van der Waals surface area contributed by atoms with E-state index in [4.69, 9.17) is 11.6 Å². The van der Waals surface area contributed by atoms with Crippen LogP contribution < -0.4 is 5.32 Å². The van der Waals surface area contributed by atoms with Crippen LogP contribution in [-0.4, -0.2) is 16.7 Å². The van der Waals surface area contributed by atoms with Gasteiger partial charge in [0.2, 0.25) is 5.91 Å². The van der Waals surface area contributed by atoms with E-state index in [-0.39, 0.29) is 17.6 Å². The van der Waals surface area contributed by atoms with Crippen LogP contribution in [0.15, 0.2) is 12.3 Å². The Hall–Kier alpha value is -1.42. The summed E-state index contributed by atoms with van der Waals surface area (Å²) >= 11 is 5.89. The number of pyridine rings is 1. The molecule has 4 nitrogen and oxygen atoms in total. The molecule has 0 aromatic carbocycles. The second-order valence-electron chi connectivity index (χ2n) is 3.87. The highest BCUT2D eigenvalue weighted by Gasteiger charge is 2.29. The first-order valence-corrected chi connectivity index (χ1v) is 5.43. The maximum atomic E-state index is 11.4. The molecule has 1 amide bonds. The fraction of sp³-hybridized carbons (Fsp3) is 0.364. The zero-order valence-electron chi connectivity index (χ0n) is 8.79.